The number of anilines is 1. The van der Waals surface area contributed by atoms with E-state index in [0.29, 0.717) is 12.1 Å². The van der Waals surface area contributed by atoms with Crippen LogP contribution >= 0.6 is 11.6 Å². The van der Waals surface area contributed by atoms with Crippen molar-refractivity contribution < 1.29 is 4.39 Å². The molecule has 2 atom stereocenters. The topological polar surface area (TPSA) is 6.48 Å². The molecule has 2 aliphatic heterocycles. The first-order chi connectivity index (χ1) is 9.15. The lowest BCUT2D eigenvalue weighted by Gasteiger charge is -2.48. The first-order valence-corrected chi connectivity index (χ1v) is 7.48. The molecule has 2 aliphatic rings. The van der Waals surface area contributed by atoms with Gasteiger partial charge in [0, 0.05) is 30.9 Å². The van der Waals surface area contributed by atoms with Crippen LogP contribution in [0.25, 0.3) is 0 Å². The van der Waals surface area contributed by atoms with Crippen molar-refractivity contribution in [3.8, 4) is 0 Å². The van der Waals surface area contributed by atoms with Crippen molar-refractivity contribution in [1.82, 2.24) is 4.90 Å². The molecule has 104 valence electrons. The molecule has 2 unspecified atom stereocenters. The van der Waals surface area contributed by atoms with Crippen LogP contribution in [0.1, 0.15) is 26.2 Å². The molecule has 0 aromatic heterocycles. The molecule has 0 radical (unpaired) electrons. The molecule has 2 fully saturated rings. The second-order valence-corrected chi connectivity index (χ2v) is 6.15. The lowest BCUT2D eigenvalue weighted by molar-refractivity contribution is 0.115. The summed E-state index contributed by atoms with van der Waals surface area (Å²) in [5.41, 5.74) is 0.958. The molecule has 2 heterocycles. The van der Waals surface area contributed by atoms with Crippen LogP contribution in [0.4, 0.5) is 10.1 Å². The second-order valence-electron chi connectivity index (χ2n) is 5.74. The Balaban J connectivity index is 1.81. The van der Waals surface area contributed by atoms with Gasteiger partial charge in [0.15, 0.2) is 0 Å². The van der Waals surface area contributed by atoms with E-state index in [-0.39, 0.29) is 10.8 Å². The van der Waals surface area contributed by atoms with E-state index in [9.17, 15) is 4.39 Å². The molecule has 0 N–H and O–H groups in total. The van der Waals surface area contributed by atoms with E-state index in [0.717, 1.165) is 18.8 Å². The third-order valence-corrected chi connectivity index (χ3v) is 4.73. The van der Waals surface area contributed by atoms with Crippen LogP contribution in [0.15, 0.2) is 18.2 Å². The Morgan fingerprint density at radius 3 is 2.89 bits per heavy atom. The van der Waals surface area contributed by atoms with Crippen LogP contribution in [0, 0.1) is 5.82 Å². The number of hydrogen-bond donors (Lipinski definition) is 0. The van der Waals surface area contributed by atoms with Gasteiger partial charge in [0.1, 0.15) is 5.82 Å². The third-order valence-electron chi connectivity index (χ3n) is 4.42. The van der Waals surface area contributed by atoms with E-state index in [2.05, 4.69) is 16.7 Å². The van der Waals surface area contributed by atoms with Crippen molar-refractivity contribution in [3.05, 3.63) is 29.0 Å². The van der Waals surface area contributed by atoms with Gasteiger partial charge in [0.25, 0.3) is 0 Å². The lowest BCUT2D eigenvalue weighted by atomic mass is 9.96. The lowest BCUT2D eigenvalue weighted by Crippen LogP contribution is -2.58. The zero-order chi connectivity index (χ0) is 13.4. The van der Waals surface area contributed by atoms with E-state index in [4.69, 9.17) is 11.6 Å². The summed E-state index contributed by atoms with van der Waals surface area (Å²) in [6, 6.07) is 6.21. The molecule has 2 saturated heterocycles. The Morgan fingerprint density at radius 1 is 1.26 bits per heavy atom. The average molecular weight is 283 g/mol. The molecule has 0 aliphatic carbocycles. The van der Waals surface area contributed by atoms with Crippen molar-refractivity contribution in [1.29, 1.82) is 0 Å². The third kappa shape index (κ3) is 2.59. The van der Waals surface area contributed by atoms with Crippen LogP contribution in [-0.2, 0) is 0 Å². The fourth-order valence-corrected chi connectivity index (χ4v) is 3.49. The highest BCUT2D eigenvalue weighted by molar-refractivity contribution is 6.30. The summed E-state index contributed by atoms with van der Waals surface area (Å²) in [5, 5.41) is 0.202. The van der Waals surface area contributed by atoms with E-state index in [1.165, 1.54) is 25.8 Å². The predicted octanol–water partition coefficient (Wildman–Crippen LogP) is 3.54. The summed E-state index contributed by atoms with van der Waals surface area (Å²) in [5.74, 6) is -0.322. The Hall–Kier alpha value is -0.800. The Kier molecular flexibility index (Phi) is 3.68. The standard InChI is InChI=1S/C15H20ClFN2/c1-11-9-18-7-3-2-4-13(18)10-19(11)12-5-6-14(16)15(17)8-12/h5-6,8,11,13H,2-4,7,9-10H2,1H3. The van der Waals surface area contributed by atoms with Crippen LogP contribution in [0.3, 0.4) is 0 Å². The van der Waals surface area contributed by atoms with Crippen LogP contribution in [-0.4, -0.2) is 36.6 Å². The van der Waals surface area contributed by atoms with Gasteiger partial charge in [0.05, 0.1) is 5.02 Å². The fraction of sp³-hybridized carbons (Fsp3) is 0.600. The quantitative estimate of drug-likeness (QED) is 0.777. The van der Waals surface area contributed by atoms with Crippen LogP contribution in [0.5, 0.6) is 0 Å². The summed E-state index contributed by atoms with van der Waals surface area (Å²) >= 11 is 5.76. The van der Waals surface area contributed by atoms with Gasteiger partial charge < -0.3 is 4.90 Å². The van der Waals surface area contributed by atoms with E-state index >= 15 is 0 Å². The van der Waals surface area contributed by atoms with Gasteiger partial charge in [-0.2, -0.15) is 0 Å². The van der Waals surface area contributed by atoms with Gasteiger partial charge in [-0.05, 0) is 44.5 Å². The molecule has 1 aromatic rings. The Labute approximate surface area is 119 Å². The number of benzene rings is 1. The van der Waals surface area contributed by atoms with Gasteiger partial charge in [-0.25, -0.2) is 4.39 Å². The molecule has 0 bridgehead atoms. The number of piperazine rings is 1. The maximum atomic E-state index is 13.6. The minimum absolute atomic E-state index is 0.202. The summed E-state index contributed by atoms with van der Waals surface area (Å²) < 4.78 is 13.6. The number of piperidine rings is 1. The van der Waals surface area contributed by atoms with Gasteiger partial charge in [-0.3, -0.25) is 4.90 Å². The maximum absolute atomic E-state index is 13.6. The fourth-order valence-electron chi connectivity index (χ4n) is 3.38. The Bertz CT molecular complexity index is 465. The van der Waals surface area contributed by atoms with Crippen molar-refractivity contribution in [2.45, 2.75) is 38.3 Å². The van der Waals surface area contributed by atoms with Gasteiger partial charge in [0.2, 0.25) is 0 Å². The van der Waals surface area contributed by atoms with Crippen LogP contribution < -0.4 is 4.90 Å². The molecule has 0 amide bonds. The summed E-state index contributed by atoms with van der Waals surface area (Å²) in [6.07, 6.45) is 3.90. The highest BCUT2D eigenvalue weighted by Crippen LogP contribution is 2.29. The summed E-state index contributed by atoms with van der Waals surface area (Å²) in [7, 11) is 0. The van der Waals surface area contributed by atoms with E-state index < -0.39 is 0 Å². The molecule has 1 aromatic carbocycles. The monoisotopic (exact) mass is 282 g/mol. The normalized spacial score (nSPS) is 28.3. The average Bonchev–Trinajstić information content (AvgIpc) is 2.41. The van der Waals surface area contributed by atoms with Gasteiger partial charge in [-0.15, -0.1) is 0 Å². The Morgan fingerprint density at radius 2 is 2.11 bits per heavy atom. The van der Waals surface area contributed by atoms with E-state index in [1.54, 1.807) is 12.1 Å². The van der Waals surface area contributed by atoms with Crippen molar-refractivity contribution in [2.24, 2.45) is 0 Å². The minimum atomic E-state index is -0.322. The highest BCUT2D eigenvalue weighted by Gasteiger charge is 2.33. The molecule has 4 heteroatoms. The maximum Gasteiger partial charge on any atom is 0.143 e. The number of halogens is 2. The van der Waals surface area contributed by atoms with Gasteiger partial charge in [-0.1, -0.05) is 18.0 Å². The highest BCUT2D eigenvalue weighted by atomic mass is 35.5. The zero-order valence-electron chi connectivity index (χ0n) is 11.3. The van der Waals surface area contributed by atoms with Crippen molar-refractivity contribution in [3.63, 3.8) is 0 Å². The molecular weight excluding hydrogens is 263 g/mol. The van der Waals surface area contributed by atoms with Crippen molar-refractivity contribution in [2.75, 3.05) is 24.5 Å². The first-order valence-electron chi connectivity index (χ1n) is 7.11. The van der Waals surface area contributed by atoms with Crippen LogP contribution in [0.2, 0.25) is 5.02 Å². The molecule has 0 spiro atoms. The number of hydrogen-bond acceptors (Lipinski definition) is 2. The predicted molar refractivity (Wildman–Crippen MR) is 77.4 cm³/mol. The SMILES string of the molecule is CC1CN2CCCCC2CN1c1ccc(Cl)c(F)c1. The number of rotatable bonds is 1. The minimum Gasteiger partial charge on any atom is -0.366 e. The zero-order valence-corrected chi connectivity index (χ0v) is 12.0. The molecule has 2 nitrogen and oxygen atoms in total. The first kappa shape index (κ1) is 13.2. The molecular formula is C15H20ClFN2. The second kappa shape index (κ2) is 5.29. The largest absolute Gasteiger partial charge is 0.366 e. The molecule has 3 rings (SSSR count). The number of fused-ring (bicyclic) bond motifs is 1. The molecule has 19 heavy (non-hydrogen) atoms. The van der Waals surface area contributed by atoms with E-state index in [1.807, 2.05) is 6.07 Å². The summed E-state index contributed by atoms with van der Waals surface area (Å²) in [4.78, 5) is 4.92. The molecule has 0 saturated carbocycles. The smallest absolute Gasteiger partial charge is 0.143 e. The van der Waals surface area contributed by atoms with Crippen molar-refractivity contribution >= 4 is 17.3 Å². The summed E-state index contributed by atoms with van der Waals surface area (Å²) in [6.45, 7) is 5.52. The number of nitrogens with zero attached hydrogens (tertiary/aromatic N) is 2. The van der Waals surface area contributed by atoms with Gasteiger partial charge >= 0.3 is 0 Å².